The Labute approximate surface area is 119 Å². The molecule has 1 fully saturated rings. The van der Waals surface area contributed by atoms with Crippen molar-refractivity contribution in [2.75, 3.05) is 25.5 Å². The molecule has 5 heteroatoms. The molecule has 20 heavy (non-hydrogen) atoms. The third-order valence-corrected chi connectivity index (χ3v) is 3.79. The van der Waals surface area contributed by atoms with Crippen molar-refractivity contribution in [2.24, 2.45) is 0 Å². The Kier molecular flexibility index (Phi) is 3.97. The number of rotatable bonds is 3. The van der Waals surface area contributed by atoms with Gasteiger partial charge in [0.2, 0.25) is 12.3 Å². The van der Waals surface area contributed by atoms with Gasteiger partial charge in [-0.1, -0.05) is 6.07 Å². The Bertz CT molecular complexity index is 541. The molecule has 0 aliphatic carbocycles. The van der Waals surface area contributed by atoms with E-state index < -0.39 is 0 Å². The smallest absolute Gasteiger partial charge is 0.247 e. The predicted octanol–water partition coefficient (Wildman–Crippen LogP) is 2.63. The second kappa shape index (κ2) is 6.05. The van der Waals surface area contributed by atoms with E-state index in [9.17, 15) is 0 Å². The highest BCUT2D eigenvalue weighted by atomic mass is 16.4. The number of anilines is 1. The van der Waals surface area contributed by atoms with Crippen LogP contribution < -0.4 is 5.32 Å². The monoisotopic (exact) mass is 272 g/mol. The molecule has 3 rings (SSSR count). The summed E-state index contributed by atoms with van der Waals surface area (Å²) in [6.45, 7) is 2.35. The van der Waals surface area contributed by atoms with Gasteiger partial charge in [0.1, 0.15) is 0 Å². The molecule has 1 saturated heterocycles. The fraction of sp³-hybridized carbons (Fsp3) is 0.467. The maximum absolute atomic E-state index is 5.24. The average molecular weight is 272 g/mol. The highest BCUT2D eigenvalue weighted by Gasteiger charge is 2.14. The number of nitrogens with zero attached hydrogens (tertiary/aromatic N) is 3. The Morgan fingerprint density at radius 3 is 3.10 bits per heavy atom. The van der Waals surface area contributed by atoms with E-state index in [1.807, 2.05) is 12.1 Å². The molecule has 106 valence electrons. The van der Waals surface area contributed by atoms with E-state index in [1.165, 1.54) is 32.2 Å². The Morgan fingerprint density at radius 1 is 1.30 bits per heavy atom. The van der Waals surface area contributed by atoms with Crippen LogP contribution in [-0.4, -0.2) is 41.3 Å². The molecule has 0 saturated carbocycles. The van der Waals surface area contributed by atoms with Gasteiger partial charge in [-0.05, 0) is 57.6 Å². The van der Waals surface area contributed by atoms with Crippen molar-refractivity contribution < 1.29 is 4.42 Å². The van der Waals surface area contributed by atoms with Crippen molar-refractivity contribution in [3.05, 3.63) is 30.7 Å². The van der Waals surface area contributed by atoms with Gasteiger partial charge >= 0.3 is 0 Å². The zero-order valence-corrected chi connectivity index (χ0v) is 11.7. The molecule has 1 aliphatic rings. The van der Waals surface area contributed by atoms with E-state index in [2.05, 4.69) is 39.6 Å². The van der Waals surface area contributed by atoms with E-state index in [4.69, 9.17) is 4.42 Å². The van der Waals surface area contributed by atoms with Gasteiger partial charge in [0.25, 0.3) is 0 Å². The number of nitrogens with one attached hydrogen (secondary N) is 1. The van der Waals surface area contributed by atoms with Crippen LogP contribution in [0.2, 0.25) is 0 Å². The summed E-state index contributed by atoms with van der Waals surface area (Å²) in [7, 11) is 2.19. The summed E-state index contributed by atoms with van der Waals surface area (Å²) < 4.78 is 5.24. The van der Waals surface area contributed by atoms with Crippen LogP contribution in [0.15, 0.2) is 35.1 Å². The third kappa shape index (κ3) is 3.17. The Morgan fingerprint density at radius 2 is 2.25 bits per heavy atom. The van der Waals surface area contributed by atoms with Gasteiger partial charge in [0.15, 0.2) is 0 Å². The minimum Gasteiger partial charge on any atom is -0.423 e. The van der Waals surface area contributed by atoms with Crippen LogP contribution in [0.4, 0.5) is 5.69 Å². The summed E-state index contributed by atoms with van der Waals surface area (Å²) in [5.41, 5.74) is 2.08. The van der Waals surface area contributed by atoms with Crippen LogP contribution in [0, 0.1) is 0 Å². The van der Waals surface area contributed by atoms with Crippen molar-refractivity contribution in [1.82, 2.24) is 15.1 Å². The fourth-order valence-electron chi connectivity index (χ4n) is 2.66. The van der Waals surface area contributed by atoms with E-state index >= 15 is 0 Å². The van der Waals surface area contributed by atoms with E-state index in [0.717, 1.165) is 17.8 Å². The molecule has 0 spiro atoms. The number of hydrogen-bond donors (Lipinski definition) is 1. The first-order valence-corrected chi connectivity index (χ1v) is 7.13. The molecule has 0 bridgehead atoms. The van der Waals surface area contributed by atoms with Crippen molar-refractivity contribution in [3.63, 3.8) is 0 Å². The van der Waals surface area contributed by atoms with Crippen molar-refractivity contribution in [2.45, 2.75) is 25.3 Å². The number of aromatic nitrogens is 2. The maximum Gasteiger partial charge on any atom is 0.247 e. The molecule has 2 heterocycles. The molecule has 5 nitrogen and oxygen atoms in total. The minimum absolute atomic E-state index is 0.540. The average Bonchev–Trinajstić information content (AvgIpc) is 2.92. The lowest BCUT2D eigenvalue weighted by Crippen LogP contribution is -2.22. The summed E-state index contributed by atoms with van der Waals surface area (Å²) >= 11 is 0. The van der Waals surface area contributed by atoms with E-state index in [-0.39, 0.29) is 0 Å². The van der Waals surface area contributed by atoms with Crippen LogP contribution >= 0.6 is 0 Å². The van der Waals surface area contributed by atoms with Gasteiger partial charge in [-0.2, -0.15) is 0 Å². The molecule has 1 aromatic carbocycles. The van der Waals surface area contributed by atoms with Crippen LogP contribution in [0.1, 0.15) is 19.3 Å². The van der Waals surface area contributed by atoms with Gasteiger partial charge in [-0.3, -0.25) is 0 Å². The van der Waals surface area contributed by atoms with Crippen LogP contribution in [-0.2, 0) is 0 Å². The van der Waals surface area contributed by atoms with Crippen molar-refractivity contribution >= 4 is 5.69 Å². The van der Waals surface area contributed by atoms with Gasteiger partial charge < -0.3 is 14.6 Å². The van der Waals surface area contributed by atoms with Gasteiger partial charge in [-0.15, -0.1) is 10.2 Å². The van der Waals surface area contributed by atoms with Gasteiger partial charge in [-0.25, -0.2) is 0 Å². The minimum atomic E-state index is 0.540. The van der Waals surface area contributed by atoms with Gasteiger partial charge in [0, 0.05) is 17.3 Å². The van der Waals surface area contributed by atoms with E-state index in [0.29, 0.717) is 11.9 Å². The topological polar surface area (TPSA) is 54.2 Å². The number of likely N-dealkylation sites (tertiary alicyclic amines) is 1. The Balaban J connectivity index is 1.70. The second-order valence-corrected chi connectivity index (χ2v) is 5.40. The molecule has 1 aliphatic heterocycles. The summed E-state index contributed by atoms with van der Waals surface area (Å²) in [6, 6.07) is 8.71. The van der Waals surface area contributed by atoms with Crippen molar-refractivity contribution in [3.8, 4) is 11.5 Å². The number of hydrogen-bond acceptors (Lipinski definition) is 5. The van der Waals surface area contributed by atoms with Crippen LogP contribution in [0.5, 0.6) is 0 Å². The van der Waals surface area contributed by atoms with E-state index in [1.54, 1.807) is 0 Å². The lowest BCUT2D eigenvalue weighted by Gasteiger charge is -2.18. The first kappa shape index (κ1) is 13.1. The molecule has 1 aromatic heterocycles. The fourth-order valence-corrected chi connectivity index (χ4v) is 2.66. The second-order valence-electron chi connectivity index (χ2n) is 5.40. The lowest BCUT2D eigenvalue weighted by atomic mass is 10.1. The molecule has 1 unspecified atom stereocenters. The predicted molar refractivity (Wildman–Crippen MR) is 78.5 cm³/mol. The quantitative estimate of drug-likeness (QED) is 0.931. The maximum atomic E-state index is 5.24. The highest BCUT2D eigenvalue weighted by Crippen LogP contribution is 2.22. The molecular weight excluding hydrogens is 252 g/mol. The summed E-state index contributed by atoms with van der Waals surface area (Å²) in [5, 5.41) is 11.3. The highest BCUT2D eigenvalue weighted by molar-refractivity contribution is 5.61. The summed E-state index contributed by atoms with van der Waals surface area (Å²) in [4.78, 5) is 2.40. The lowest BCUT2D eigenvalue weighted by molar-refractivity contribution is 0.348. The summed E-state index contributed by atoms with van der Waals surface area (Å²) in [5.74, 6) is 0.564. The first-order valence-electron chi connectivity index (χ1n) is 7.13. The largest absolute Gasteiger partial charge is 0.423 e. The molecule has 0 radical (unpaired) electrons. The zero-order chi connectivity index (χ0) is 13.8. The normalized spacial score (nSPS) is 20.6. The molecular formula is C15H20N4O. The van der Waals surface area contributed by atoms with Gasteiger partial charge in [0.05, 0.1) is 0 Å². The standard InChI is InChI=1S/C15H20N4O/c1-19-8-3-6-13(7-9-19)17-14-5-2-4-12(10-14)15-18-16-11-20-15/h2,4-5,10-11,13,17H,3,6-9H2,1H3. The van der Waals surface area contributed by atoms with Crippen LogP contribution in [0.3, 0.4) is 0 Å². The molecule has 2 aromatic rings. The third-order valence-electron chi connectivity index (χ3n) is 3.79. The van der Waals surface area contributed by atoms with Crippen LogP contribution in [0.25, 0.3) is 11.5 Å². The molecule has 1 N–H and O–H groups in total. The molecule has 1 atom stereocenters. The molecule has 0 amide bonds. The summed E-state index contributed by atoms with van der Waals surface area (Å²) in [6.07, 6.45) is 5.00. The first-order chi connectivity index (χ1) is 9.81. The SMILES string of the molecule is CN1CCCC(Nc2cccc(-c3nnco3)c2)CC1. The number of benzene rings is 1. The zero-order valence-electron chi connectivity index (χ0n) is 11.7. The van der Waals surface area contributed by atoms with Crippen molar-refractivity contribution in [1.29, 1.82) is 0 Å². The Hall–Kier alpha value is -1.88.